The van der Waals surface area contributed by atoms with Crippen LogP contribution in [0.15, 0.2) is 0 Å². The van der Waals surface area contributed by atoms with Gasteiger partial charge in [-0.1, -0.05) is 0 Å². The Labute approximate surface area is 103 Å². The van der Waals surface area contributed by atoms with Crippen molar-refractivity contribution in [3.8, 4) is 0 Å². The molecule has 0 aromatic heterocycles. The maximum Gasteiger partial charge on any atom is 0.329 e. The van der Waals surface area contributed by atoms with Crippen LogP contribution in [0.3, 0.4) is 0 Å². The summed E-state index contributed by atoms with van der Waals surface area (Å²) < 4.78 is 69.0. The Morgan fingerprint density at radius 2 is 1.47 bits per heavy atom. The first-order valence-corrected chi connectivity index (χ1v) is 4.91. The van der Waals surface area contributed by atoms with Gasteiger partial charge in [-0.15, -0.1) is 0 Å². The van der Waals surface area contributed by atoms with Gasteiger partial charge in [0.05, 0.1) is 6.61 Å². The van der Waals surface area contributed by atoms with E-state index in [0.717, 1.165) is 0 Å². The van der Waals surface area contributed by atoms with Crippen molar-refractivity contribution < 1.29 is 36.6 Å². The number of benzene rings is 1. The maximum atomic E-state index is 13.1. The summed E-state index contributed by atoms with van der Waals surface area (Å²) in [5.41, 5.74) is -1.18. The van der Waals surface area contributed by atoms with Gasteiger partial charge < -0.3 is 15.2 Å². The molecule has 0 saturated heterocycles. The van der Waals surface area contributed by atoms with Crippen LogP contribution in [-0.2, 0) is 9.53 Å². The van der Waals surface area contributed by atoms with Crippen molar-refractivity contribution in [1.29, 1.82) is 0 Å². The minimum absolute atomic E-state index is 0.286. The number of ether oxygens (including phenoxy) is 1. The van der Waals surface area contributed by atoms with Gasteiger partial charge in [0, 0.05) is 6.54 Å². The Balaban J connectivity index is 2.71. The molecule has 1 aromatic carbocycles. The summed E-state index contributed by atoms with van der Waals surface area (Å²) in [7, 11) is 0. The van der Waals surface area contributed by atoms with E-state index in [4.69, 9.17) is 5.11 Å². The van der Waals surface area contributed by atoms with Gasteiger partial charge >= 0.3 is 5.97 Å². The van der Waals surface area contributed by atoms with Crippen LogP contribution in [0.25, 0.3) is 0 Å². The quantitative estimate of drug-likeness (QED) is 0.363. The smallest absolute Gasteiger partial charge is 0.329 e. The Kier molecular flexibility index (Phi) is 5.04. The number of aliphatic carboxylic acids is 1. The monoisotopic (exact) mass is 285 g/mol. The molecule has 2 N–H and O–H groups in total. The maximum absolute atomic E-state index is 13.1. The fraction of sp³-hybridized carbons (Fsp3) is 0.300. The summed E-state index contributed by atoms with van der Waals surface area (Å²) in [6.45, 7) is -1.25. The van der Waals surface area contributed by atoms with E-state index < -0.39 is 47.3 Å². The third-order valence-corrected chi connectivity index (χ3v) is 1.98. The fourth-order valence-corrected chi connectivity index (χ4v) is 1.17. The molecule has 1 rings (SSSR count). The number of carbonyl (C=O) groups is 1. The summed E-state index contributed by atoms with van der Waals surface area (Å²) >= 11 is 0. The molecule has 0 aliphatic rings. The van der Waals surface area contributed by atoms with E-state index in [-0.39, 0.29) is 13.2 Å². The highest BCUT2D eigenvalue weighted by Crippen LogP contribution is 2.26. The predicted molar refractivity (Wildman–Crippen MR) is 53.2 cm³/mol. The third kappa shape index (κ3) is 3.53. The van der Waals surface area contributed by atoms with Crippen molar-refractivity contribution in [1.82, 2.24) is 0 Å². The topological polar surface area (TPSA) is 58.6 Å². The van der Waals surface area contributed by atoms with Gasteiger partial charge in [0.2, 0.25) is 5.82 Å². The molecular weight excluding hydrogens is 277 g/mol. The van der Waals surface area contributed by atoms with Crippen molar-refractivity contribution in [2.24, 2.45) is 0 Å². The van der Waals surface area contributed by atoms with Crippen LogP contribution in [-0.4, -0.2) is 30.8 Å². The molecule has 0 fully saturated rings. The van der Waals surface area contributed by atoms with Crippen molar-refractivity contribution in [3.63, 3.8) is 0 Å². The lowest BCUT2D eigenvalue weighted by atomic mass is 10.2. The van der Waals surface area contributed by atoms with E-state index in [9.17, 15) is 26.7 Å². The highest BCUT2D eigenvalue weighted by atomic mass is 19.2. The molecule has 0 heterocycles. The van der Waals surface area contributed by atoms with Crippen LogP contribution >= 0.6 is 0 Å². The zero-order valence-electron chi connectivity index (χ0n) is 9.27. The molecule has 0 radical (unpaired) electrons. The number of nitrogens with one attached hydrogen (secondary N) is 1. The Morgan fingerprint density at radius 1 is 1.00 bits per heavy atom. The molecule has 0 spiro atoms. The standard InChI is InChI=1S/C10H8F5NO3/c11-5-6(12)8(14)10(9(15)7(5)13)16-1-2-19-3-4(17)18/h16H,1-3H2,(H,17,18). The van der Waals surface area contributed by atoms with Crippen molar-refractivity contribution >= 4 is 11.7 Å². The summed E-state index contributed by atoms with van der Waals surface area (Å²) in [5, 5.41) is 10.2. The average molecular weight is 285 g/mol. The molecule has 0 saturated carbocycles. The molecule has 0 atom stereocenters. The van der Waals surface area contributed by atoms with E-state index >= 15 is 0 Å². The first kappa shape index (κ1) is 15.2. The zero-order valence-corrected chi connectivity index (χ0v) is 9.27. The Hall–Kier alpha value is -1.90. The van der Waals surface area contributed by atoms with Crippen LogP contribution in [0.5, 0.6) is 0 Å². The van der Waals surface area contributed by atoms with Crippen LogP contribution < -0.4 is 5.32 Å². The highest BCUT2D eigenvalue weighted by Gasteiger charge is 2.25. The van der Waals surface area contributed by atoms with Crippen molar-refractivity contribution in [3.05, 3.63) is 29.1 Å². The second-order valence-corrected chi connectivity index (χ2v) is 3.32. The highest BCUT2D eigenvalue weighted by molar-refractivity contribution is 5.67. The Morgan fingerprint density at radius 3 is 1.95 bits per heavy atom. The number of hydrogen-bond acceptors (Lipinski definition) is 3. The number of hydrogen-bond donors (Lipinski definition) is 2. The normalized spacial score (nSPS) is 10.6. The average Bonchev–Trinajstić information content (AvgIpc) is 2.37. The minimum atomic E-state index is -2.25. The van der Waals surface area contributed by atoms with E-state index in [1.807, 2.05) is 5.32 Å². The molecule has 0 aliphatic heterocycles. The first-order valence-electron chi connectivity index (χ1n) is 4.91. The lowest BCUT2D eigenvalue weighted by molar-refractivity contribution is -0.142. The van der Waals surface area contributed by atoms with Crippen molar-refractivity contribution in [2.45, 2.75) is 0 Å². The number of rotatable bonds is 6. The van der Waals surface area contributed by atoms with E-state index in [2.05, 4.69) is 4.74 Å². The lowest BCUT2D eigenvalue weighted by Gasteiger charge is -2.10. The molecule has 0 amide bonds. The molecule has 9 heteroatoms. The predicted octanol–water partition coefficient (Wildman–Crippen LogP) is 1.90. The molecule has 1 aromatic rings. The SMILES string of the molecule is O=C(O)COCCNc1c(F)c(F)c(F)c(F)c1F. The van der Waals surface area contributed by atoms with Crippen molar-refractivity contribution in [2.75, 3.05) is 25.1 Å². The molecule has 106 valence electrons. The summed E-state index contributed by atoms with van der Waals surface area (Å²) in [6, 6.07) is 0. The first-order chi connectivity index (χ1) is 8.86. The second-order valence-electron chi connectivity index (χ2n) is 3.32. The summed E-state index contributed by atoms with van der Waals surface area (Å²) in [4.78, 5) is 10.1. The van der Waals surface area contributed by atoms with Gasteiger partial charge in [-0.25, -0.2) is 26.7 Å². The van der Waals surface area contributed by atoms with Gasteiger partial charge in [0.1, 0.15) is 12.3 Å². The van der Waals surface area contributed by atoms with Crippen LogP contribution in [0.4, 0.5) is 27.6 Å². The number of halogens is 5. The fourth-order valence-electron chi connectivity index (χ4n) is 1.17. The van der Waals surface area contributed by atoms with Gasteiger partial charge in [-0.05, 0) is 0 Å². The van der Waals surface area contributed by atoms with Crippen LogP contribution in [0, 0.1) is 29.1 Å². The lowest BCUT2D eigenvalue weighted by Crippen LogP contribution is -2.16. The van der Waals surface area contributed by atoms with Gasteiger partial charge in [-0.3, -0.25) is 0 Å². The molecule has 19 heavy (non-hydrogen) atoms. The second kappa shape index (κ2) is 6.32. The summed E-state index contributed by atoms with van der Waals surface area (Å²) in [6.07, 6.45) is 0. The van der Waals surface area contributed by atoms with Gasteiger partial charge in [0.15, 0.2) is 23.3 Å². The number of anilines is 1. The Bertz CT molecular complexity index is 466. The largest absolute Gasteiger partial charge is 0.480 e. The molecule has 0 bridgehead atoms. The number of carboxylic acid groups (broad SMARTS) is 1. The third-order valence-electron chi connectivity index (χ3n) is 1.98. The number of carboxylic acids is 1. The van der Waals surface area contributed by atoms with E-state index in [1.165, 1.54) is 0 Å². The van der Waals surface area contributed by atoms with E-state index in [1.54, 1.807) is 0 Å². The minimum Gasteiger partial charge on any atom is -0.480 e. The van der Waals surface area contributed by atoms with Crippen LogP contribution in [0.2, 0.25) is 0 Å². The molecule has 0 unspecified atom stereocenters. The molecule has 0 aliphatic carbocycles. The molecular formula is C10H8F5NO3. The molecule has 4 nitrogen and oxygen atoms in total. The van der Waals surface area contributed by atoms with E-state index in [0.29, 0.717) is 0 Å². The summed E-state index contributed by atoms with van der Waals surface area (Å²) in [5.74, 6) is -11.6. The van der Waals surface area contributed by atoms with Gasteiger partial charge in [-0.2, -0.15) is 0 Å². The van der Waals surface area contributed by atoms with Gasteiger partial charge in [0.25, 0.3) is 0 Å². The van der Waals surface area contributed by atoms with Crippen LogP contribution in [0.1, 0.15) is 0 Å². The zero-order chi connectivity index (χ0) is 14.6.